The highest BCUT2D eigenvalue weighted by molar-refractivity contribution is 6.82. The predicted molar refractivity (Wildman–Crippen MR) is 120 cm³/mol. The molecule has 0 spiro atoms. The minimum Gasteiger partial charge on any atom is -0.0685 e. The van der Waals surface area contributed by atoms with Crippen LogP contribution in [0.4, 0.5) is 0 Å². The van der Waals surface area contributed by atoms with E-state index in [1.165, 1.54) is 38.5 Å². The van der Waals surface area contributed by atoms with Crippen LogP contribution < -0.4 is 0 Å². The van der Waals surface area contributed by atoms with Crippen LogP contribution in [-0.4, -0.2) is 8.07 Å². The van der Waals surface area contributed by atoms with E-state index in [0.29, 0.717) is 16.2 Å². The van der Waals surface area contributed by atoms with Crippen molar-refractivity contribution in [1.82, 2.24) is 0 Å². The Kier molecular flexibility index (Phi) is 5.83. The Labute approximate surface area is 166 Å². The maximum atomic E-state index is 2.92. The molecule has 26 heavy (non-hydrogen) atoms. The Morgan fingerprint density at radius 3 is 0.846 bits per heavy atom. The lowest BCUT2D eigenvalue weighted by molar-refractivity contribution is 0.213. The molecule has 0 aliphatic heterocycles. The molecule has 3 saturated carbocycles. The van der Waals surface area contributed by atoms with Gasteiger partial charge in [-0.3, -0.25) is 0 Å². The summed E-state index contributed by atoms with van der Waals surface area (Å²) in [6.07, 6.45) is 18.4. The third-order valence-electron chi connectivity index (χ3n) is 9.66. The van der Waals surface area contributed by atoms with Crippen LogP contribution >= 0.6 is 0 Å². The summed E-state index contributed by atoms with van der Waals surface area (Å²) in [4.78, 5) is 0. The smallest absolute Gasteiger partial charge is 0.0598 e. The average molecular weight is 377 g/mol. The van der Waals surface area contributed by atoms with Gasteiger partial charge >= 0.3 is 0 Å². The highest BCUT2D eigenvalue weighted by Gasteiger charge is 2.52. The van der Waals surface area contributed by atoms with Crippen molar-refractivity contribution in [3.05, 3.63) is 0 Å². The highest BCUT2D eigenvalue weighted by atomic mass is 28.3. The molecule has 0 N–H and O–H groups in total. The first-order valence-corrected chi connectivity index (χ1v) is 14.7. The minimum atomic E-state index is -1.23. The van der Waals surface area contributed by atoms with Gasteiger partial charge in [0.1, 0.15) is 0 Å². The molecular formula is C25H48Si. The summed E-state index contributed by atoms with van der Waals surface area (Å²) < 4.78 is 0. The molecule has 3 aliphatic rings. The molecule has 0 bridgehead atoms. The third-order valence-corrected chi connectivity index (χ3v) is 16.7. The van der Waals surface area contributed by atoms with E-state index < -0.39 is 8.07 Å². The molecule has 0 aromatic rings. The van der Waals surface area contributed by atoms with Gasteiger partial charge in [-0.05, 0) is 71.4 Å². The molecule has 1 heteroatoms. The van der Waals surface area contributed by atoms with E-state index in [2.05, 4.69) is 48.1 Å². The van der Waals surface area contributed by atoms with Crippen LogP contribution in [0.2, 0.25) is 23.2 Å². The van der Waals surface area contributed by atoms with Crippen LogP contribution in [0.5, 0.6) is 0 Å². The lowest BCUT2D eigenvalue weighted by Gasteiger charge is -2.55. The maximum Gasteiger partial charge on any atom is 0.0598 e. The molecular weight excluding hydrogens is 328 g/mol. The molecule has 0 saturated heterocycles. The zero-order valence-corrected chi connectivity index (χ0v) is 20.2. The molecule has 0 radical (unpaired) electrons. The molecule has 3 fully saturated rings. The van der Waals surface area contributed by atoms with Gasteiger partial charge in [0.15, 0.2) is 0 Å². The first-order valence-electron chi connectivity index (χ1n) is 11.9. The van der Waals surface area contributed by atoms with E-state index in [1.807, 2.05) is 0 Å². The summed E-state index contributed by atoms with van der Waals surface area (Å²) in [5, 5.41) is 0. The second kappa shape index (κ2) is 7.23. The van der Waals surface area contributed by atoms with E-state index in [1.54, 1.807) is 38.5 Å². The molecule has 0 aromatic heterocycles. The van der Waals surface area contributed by atoms with Gasteiger partial charge in [0, 0.05) is 0 Å². The number of hydrogen-bond donors (Lipinski definition) is 0. The Balaban J connectivity index is 1.79. The van der Waals surface area contributed by atoms with E-state index in [4.69, 9.17) is 0 Å². The van der Waals surface area contributed by atoms with Crippen molar-refractivity contribution in [2.45, 2.75) is 142 Å². The van der Waals surface area contributed by atoms with Crippen molar-refractivity contribution < 1.29 is 0 Å². The van der Waals surface area contributed by atoms with Gasteiger partial charge in [0.25, 0.3) is 0 Å². The van der Waals surface area contributed by atoms with Crippen molar-refractivity contribution >= 4 is 8.07 Å². The summed E-state index contributed by atoms with van der Waals surface area (Å²) in [5.74, 6) is 0. The Bertz CT molecular complexity index is 387. The summed E-state index contributed by atoms with van der Waals surface area (Å²) in [7, 11) is -1.23. The monoisotopic (exact) mass is 376 g/mol. The Morgan fingerprint density at radius 2 is 0.654 bits per heavy atom. The van der Waals surface area contributed by atoms with E-state index in [-0.39, 0.29) is 0 Å². The molecule has 152 valence electrons. The van der Waals surface area contributed by atoms with Gasteiger partial charge in [0.2, 0.25) is 0 Å². The maximum absolute atomic E-state index is 2.92. The average Bonchev–Trinajstić information content (AvgIpc) is 2.54. The lowest BCUT2D eigenvalue weighted by atomic mass is 9.76. The lowest BCUT2D eigenvalue weighted by Crippen LogP contribution is -2.50. The zero-order valence-electron chi connectivity index (χ0n) is 19.2. The third kappa shape index (κ3) is 4.44. The Morgan fingerprint density at radius 1 is 0.462 bits per heavy atom. The normalized spacial score (nSPS) is 31.0. The quantitative estimate of drug-likeness (QED) is 0.431. The fraction of sp³-hybridized carbons (Fsp3) is 1.00. The van der Waals surface area contributed by atoms with Crippen molar-refractivity contribution in [2.24, 2.45) is 16.2 Å². The van der Waals surface area contributed by atoms with Gasteiger partial charge in [-0.1, -0.05) is 86.6 Å². The molecule has 3 rings (SSSR count). The van der Waals surface area contributed by atoms with Gasteiger partial charge < -0.3 is 0 Å². The molecule has 0 amide bonds. The van der Waals surface area contributed by atoms with Crippen LogP contribution in [-0.2, 0) is 0 Å². The van der Waals surface area contributed by atoms with Crippen molar-refractivity contribution in [1.29, 1.82) is 0 Å². The van der Waals surface area contributed by atoms with Crippen LogP contribution in [0.3, 0.4) is 0 Å². The van der Waals surface area contributed by atoms with Crippen molar-refractivity contribution in [2.75, 3.05) is 0 Å². The highest BCUT2D eigenvalue weighted by Crippen LogP contribution is 2.60. The molecule has 0 aromatic carbocycles. The van der Waals surface area contributed by atoms with E-state index >= 15 is 0 Å². The second-order valence-electron chi connectivity index (χ2n) is 13.2. The van der Waals surface area contributed by atoms with Crippen LogP contribution in [0.1, 0.15) is 119 Å². The fourth-order valence-corrected chi connectivity index (χ4v) is 13.7. The summed E-state index contributed by atoms with van der Waals surface area (Å²) in [6, 6.07) is 0. The van der Waals surface area contributed by atoms with Crippen molar-refractivity contribution in [3.63, 3.8) is 0 Å². The standard InChI is InChI=1S/C25H48Si/c1-23(2)14-8-20(9-15-23)26(7,21-10-16-24(3,4)17-11-21)22-12-18-25(5,6)19-13-22/h20-22H,8-19H2,1-7H3. The largest absolute Gasteiger partial charge is 0.0685 e. The summed E-state index contributed by atoms with van der Waals surface area (Å²) in [6.45, 7) is 18.1. The van der Waals surface area contributed by atoms with Crippen molar-refractivity contribution in [3.8, 4) is 0 Å². The van der Waals surface area contributed by atoms with E-state index in [9.17, 15) is 0 Å². The second-order valence-corrected chi connectivity index (χ2v) is 18.4. The minimum absolute atomic E-state index is 0.620. The van der Waals surface area contributed by atoms with Crippen LogP contribution in [0.25, 0.3) is 0 Å². The molecule has 3 aliphatic carbocycles. The topological polar surface area (TPSA) is 0 Å². The van der Waals surface area contributed by atoms with Gasteiger partial charge in [0.05, 0.1) is 8.07 Å². The molecule has 0 heterocycles. The van der Waals surface area contributed by atoms with Gasteiger partial charge in [-0.15, -0.1) is 0 Å². The molecule has 0 nitrogen and oxygen atoms in total. The van der Waals surface area contributed by atoms with Gasteiger partial charge in [-0.25, -0.2) is 0 Å². The first kappa shape index (κ1) is 20.9. The molecule has 0 atom stereocenters. The number of rotatable bonds is 3. The summed E-state index contributed by atoms with van der Waals surface area (Å²) >= 11 is 0. The van der Waals surface area contributed by atoms with Crippen LogP contribution in [0.15, 0.2) is 0 Å². The zero-order chi connectivity index (χ0) is 19.2. The SMILES string of the molecule is CC1(C)CCC([Si](C)(C2CCC(C)(C)CC2)C2CCC(C)(C)CC2)CC1. The summed E-state index contributed by atoms with van der Waals surface area (Å²) in [5.41, 5.74) is 5.26. The first-order chi connectivity index (χ1) is 11.9. The fourth-order valence-electron chi connectivity index (χ4n) is 7.06. The molecule has 0 unspecified atom stereocenters. The van der Waals surface area contributed by atoms with Gasteiger partial charge in [-0.2, -0.15) is 0 Å². The predicted octanol–water partition coefficient (Wildman–Crippen LogP) is 8.98. The Hall–Kier alpha value is 0.217. The number of hydrogen-bond acceptors (Lipinski definition) is 0. The van der Waals surface area contributed by atoms with E-state index in [0.717, 1.165) is 16.6 Å². The van der Waals surface area contributed by atoms with Crippen LogP contribution in [0, 0.1) is 16.2 Å².